The van der Waals surface area contributed by atoms with Crippen molar-refractivity contribution in [2.75, 3.05) is 0 Å². The van der Waals surface area contributed by atoms with Crippen LogP contribution in [0.3, 0.4) is 0 Å². The topological polar surface area (TPSA) is 280 Å². The average molecular weight is 486 g/mol. The molecule has 0 unspecified atom stereocenters. The fourth-order valence-electron chi connectivity index (χ4n) is 0.852. The van der Waals surface area contributed by atoms with E-state index in [1.807, 2.05) is 0 Å². The molecule has 0 atom stereocenters. The minimum absolute atomic E-state index is 0. The van der Waals surface area contributed by atoms with Gasteiger partial charge in [0.15, 0.2) is 0 Å². The van der Waals surface area contributed by atoms with Gasteiger partial charge in [-0.05, 0) is 27.7 Å². The van der Waals surface area contributed by atoms with Gasteiger partial charge in [0, 0.05) is 0 Å². The summed E-state index contributed by atoms with van der Waals surface area (Å²) in [6, 6.07) is 0. The summed E-state index contributed by atoms with van der Waals surface area (Å²) in [5.41, 5.74) is 0. The van der Waals surface area contributed by atoms with E-state index in [2.05, 4.69) is 0 Å². The third-order valence-electron chi connectivity index (χ3n) is 1.60. The number of hydrogen-bond acceptors (Lipinski definition) is 8. The second-order valence-electron chi connectivity index (χ2n) is 5.09. The van der Waals surface area contributed by atoms with Crippen LogP contribution in [0.4, 0.5) is 0 Å². The molecule has 0 bridgehead atoms. The number of carboxylic acid groups (broad SMARTS) is 4. The van der Waals surface area contributed by atoms with Crippen LogP contribution in [0, 0.1) is 0 Å². The molecule has 0 rings (SSSR count). The molecule has 0 aliphatic carbocycles. The molecule has 0 heterocycles. The molecular weight excluding hydrogens is 456 g/mol. The molecule has 15 heteroatoms. The average Bonchev–Trinajstić information content (AvgIpc) is 2.32. The van der Waals surface area contributed by atoms with Crippen molar-refractivity contribution in [2.45, 2.75) is 53.4 Å². The first-order chi connectivity index (χ1) is 12.5. The molecule has 180 valence electrons. The zero-order valence-electron chi connectivity index (χ0n) is 16.9. The fraction of sp³-hybridized carbons (Fsp3) is 0.500. The van der Waals surface area contributed by atoms with Crippen molar-refractivity contribution in [2.24, 2.45) is 0 Å². The molecule has 0 aromatic carbocycles. The predicted molar refractivity (Wildman–Crippen MR) is 108 cm³/mol. The SMILES string of the molecule is CC(=O)CC(=O)O.CC(=O)CC(=O)O.CC(=O)CC(=O)O.CC(=O)CC(=O)O.O.O.[CaH2]. The molecule has 0 aromatic rings. The van der Waals surface area contributed by atoms with Gasteiger partial charge >= 0.3 is 61.6 Å². The molecule has 0 radical (unpaired) electrons. The molecule has 0 spiro atoms. The van der Waals surface area contributed by atoms with Crippen molar-refractivity contribution < 1.29 is 69.7 Å². The molecule has 8 N–H and O–H groups in total. The summed E-state index contributed by atoms with van der Waals surface area (Å²) in [4.78, 5) is 77.8. The Bertz CT molecular complexity index is 445. The van der Waals surface area contributed by atoms with Gasteiger partial charge in [-0.1, -0.05) is 0 Å². The van der Waals surface area contributed by atoms with Crippen LogP contribution in [0.1, 0.15) is 53.4 Å². The number of carbonyl (C=O) groups excluding carboxylic acids is 4. The van der Waals surface area contributed by atoms with E-state index in [0.717, 1.165) is 0 Å². The Labute approximate surface area is 207 Å². The fourth-order valence-corrected chi connectivity index (χ4v) is 0.852. The van der Waals surface area contributed by atoms with E-state index in [1.165, 1.54) is 27.7 Å². The van der Waals surface area contributed by atoms with Crippen LogP contribution in [-0.4, -0.2) is 116 Å². The maximum atomic E-state index is 9.87. The molecule has 0 fully saturated rings. The summed E-state index contributed by atoms with van der Waals surface area (Å²) in [5, 5.41) is 31.5. The molecule has 0 aliphatic heterocycles. The second kappa shape index (κ2) is 29.9. The zero-order chi connectivity index (χ0) is 23.4. The van der Waals surface area contributed by atoms with E-state index in [-0.39, 0.29) is 97.5 Å². The van der Waals surface area contributed by atoms with Gasteiger partial charge in [0.05, 0.1) is 0 Å². The Morgan fingerprint density at radius 2 is 0.516 bits per heavy atom. The van der Waals surface area contributed by atoms with Crippen molar-refractivity contribution in [3.63, 3.8) is 0 Å². The third kappa shape index (κ3) is 97.4. The van der Waals surface area contributed by atoms with Gasteiger partial charge in [-0.3, -0.25) is 38.4 Å². The number of Topliss-reactive ketones (excluding diaryl/α,β-unsaturated/α-hetero) is 4. The molecule has 0 aliphatic rings. The zero-order valence-corrected chi connectivity index (χ0v) is 16.9. The van der Waals surface area contributed by atoms with Crippen LogP contribution in [0.2, 0.25) is 0 Å². The molecule has 31 heavy (non-hydrogen) atoms. The molecule has 0 saturated carbocycles. The molecule has 0 aromatic heterocycles. The van der Waals surface area contributed by atoms with Gasteiger partial charge in [-0.25, -0.2) is 0 Å². The van der Waals surface area contributed by atoms with Crippen molar-refractivity contribution >= 4 is 84.7 Å². The first kappa shape index (κ1) is 46.8. The van der Waals surface area contributed by atoms with E-state index < -0.39 is 23.9 Å². The maximum absolute atomic E-state index is 9.87. The van der Waals surface area contributed by atoms with Gasteiger partial charge in [0.1, 0.15) is 48.8 Å². The molecular formula is C16H30CaO14. The Kier molecular flexibility index (Phi) is 45.2. The van der Waals surface area contributed by atoms with Crippen molar-refractivity contribution in [3.05, 3.63) is 0 Å². The van der Waals surface area contributed by atoms with Crippen molar-refractivity contribution in [3.8, 4) is 0 Å². The standard InChI is InChI=1S/4C4H6O3.Ca.2H2O.2H/c4*1-3(5)2-4(6)7;;;;;/h4*2H2,1H3,(H,6,7);;2*1H2;;. The summed E-state index contributed by atoms with van der Waals surface area (Å²) >= 11 is 0. The Morgan fingerprint density at radius 1 is 0.419 bits per heavy atom. The van der Waals surface area contributed by atoms with Crippen LogP contribution in [-0.2, 0) is 38.4 Å². The molecule has 14 nitrogen and oxygen atoms in total. The normalized spacial score (nSPS) is 7.35. The summed E-state index contributed by atoms with van der Waals surface area (Å²) in [6.45, 7) is 4.98. The second-order valence-corrected chi connectivity index (χ2v) is 5.09. The third-order valence-corrected chi connectivity index (χ3v) is 1.60. The van der Waals surface area contributed by atoms with Gasteiger partial charge in [-0.15, -0.1) is 0 Å². The van der Waals surface area contributed by atoms with Crippen molar-refractivity contribution in [1.82, 2.24) is 0 Å². The predicted octanol–water partition coefficient (Wildman–Crippen LogP) is -2.37. The van der Waals surface area contributed by atoms with E-state index in [0.29, 0.717) is 0 Å². The van der Waals surface area contributed by atoms with E-state index in [4.69, 9.17) is 20.4 Å². The molecule has 0 amide bonds. The van der Waals surface area contributed by atoms with E-state index >= 15 is 0 Å². The quantitative estimate of drug-likeness (QED) is 0.207. The van der Waals surface area contributed by atoms with Crippen LogP contribution in [0.5, 0.6) is 0 Å². The number of aliphatic carboxylic acids is 4. The summed E-state index contributed by atoms with van der Waals surface area (Å²) < 4.78 is 0. The van der Waals surface area contributed by atoms with Gasteiger partial charge in [0.2, 0.25) is 0 Å². The van der Waals surface area contributed by atoms with Gasteiger partial charge in [0.25, 0.3) is 0 Å². The Balaban J connectivity index is -0.0000000480. The monoisotopic (exact) mass is 486 g/mol. The van der Waals surface area contributed by atoms with Crippen LogP contribution < -0.4 is 0 Å². The van der Waals surface area contributed by atoms with E-state index in [1.54, 1.807) is 0 Å². The number of hydrogen-bond donors (Lipinski definition) is 4. The first-order valence-electron chi connectivity index (χ1n) is 7.36. The Hall–Kier alpha value is -2.26. The van der Waals surface area contributed by atoms with Crippen molar-refractivity contribution in [1.29, 1.82) is 0 Å². The van der Waals surface area contributed by atoms with E-state index in [9.17, 15) is 38.4 Å². The number of ketones is 4. The van der Waals surface area contributed by atoms with Gasteiger partial charge in [-0.2, -0.15) is 0 Å². The summed E-state index contributed by atoms with van der Waals surface area (Å²) in [6.07, 6.45) is -1.44. The molecule has 0 saturated heterocycles. The van der Waals surface area contributed by atoms with Crippen LogP contribution in [0.15, 0.2) is 0 Å². The summed E-state index contributed by atoms with van der Waals surface area (Å²) in [7, 11) is 0. The van der Waals surface area contributed by atoms with Gasteiger partial charge < -0.3 is 31.4 Å². The minimum atomic E-state index is -1.06. The first-order valence-corrected chi connectivity index (χ1v) is 7.36. The summed E-state index contributed by atoms with van der Waals surface area (Å²) in [5.74, 6) is -5.50. The van der Waals surface area contributed by atoms with Crippen LogP contribution in [0.25, 0.3) is 0 Å². The number of carbonyl (C=O) groups is 8. The Morgan fingerprint density at radius 3 is 0.516 bits per heavy atom. The number of rotatable bonds is 8. The van der Waals surface area contributed by atoms with Crippen LogP contribution >= 0.6 is 0 Å². The number of carboxylic acids is 4.